The van der Waals surface area contributed by atoms with Gasteiger partial charge in [-0.3, -0.25) is 9.36 Å². The van der Waals surface area contributed by atoms with Crippen LogP contribution in [0.25, 0.3) is 22.4 Å². The number of benzene rings is 2. The van der Waals surface area contributed by atoms with Crippen LogP contribution in [0.1, 0.15) is 36.7 Å². The van der Waals surface area contributed by atoms with E-state index in [9.17, 15) is 4.79 Å². The van der Waals surface area contributed by atoms with Crippen molar-refractivity contribution in [2.45, 2.75) is 26.2 Å². The van der Waals surface area contributed by atoms with E-state index < -0.39 is 0 Å². The molecule has 0 saturated carbocycles. The maximum absolute atomic E-state index is 13.0. The zero-order chi connectivity index (χ0) is 18.3. The Balaban J connectivity index is 2.10. The van der Waals surface area contributed by atoms with Crippen molar-refractivity contribution in [1.82, 2.24) is 9.55 Å². The average molecular weight is 414 g/mol. The molecule has 0 atom stereocenters. The van der Waals surface area contributed by atoms with Crippen LogP contribution in [0.2, 0.25) is 20.1 Å². The van der Waals surface area contributed by atoms with Crippen molar-refractivity contribution >= 4 is 63.3 Å². The molecule has 0 fully saturated rings. The van der Waals surface area contributed by atoms with E-state index in [1.165, 1.54) is 4.57 Å². The maximum Gasteiger partial charge on any atom is 0.266 e. The first-order valence-electron chi connectivity index (χ1n) is 7.57. The molecule has 1 aliphatic heterocycles. The number of fused-ring (bicyclic) bond motifs is 5. The monoisotopic (exact) mass is 412 g/mol. The van der Waals surface area contributed by atoms with E-state index in [2.05, 4.69) is 25.8 Å². The van der Waals surface area contributed by atoms with Crippen LogP contribution in [0.15, 0.2) is 18.2 Å². The molecule has 0 bridgehead atoms. The van der Waals surface area contributed by atoms with Gasteiger partial charge >= 0.3 is 0 Å². The fraction of sp³-hybridized carbons (Fsp3) is 0.222. The van der Waals surface area contributed by atoms with Crippen LogP contribution in [0.3, 0.4) is 0 Å². The summed E-state index contributed by atoms with van der Waals surface area (Å²) in [5.74, 6) is 0.135. The van der Waals surface area contributed by atoms with E-state index >= 15 is 0 Å². The Morgan fingerprint density at radius 1 is 0.920 bits per heavy atom. The van der Waals surface area contributed by atoms with Gasteiger partial charge in [0.15, 0.2) is 5.82 Å². The van der Waals surface area contributed by atoms with E-state index in [1.54, 1.807) is 0 Å². The summed E-state index contributed by atoms with van der Waals surface area (Å²) in [4.78, 5) is 17.6. The lowest BCUT2D eigenvalue weighted by Crippen LogP contribution is -2.12. The van der Waals surface area contributed by atoms with Crippen LogP contribution in [-0.2, 0) is 5.41 Å². The molecule has 128 valence electrons. The predicted octanol–water partition coefficient (Wildman–Crippen LogP) is 6.62. The minimum absolute atomic E-state index is 0.0602. The highest BCUT2D eigenvalue weighted by Gasteiger charge is 2.37. The van der Waals surface area contributed by atoms with Crippen LogP contribution in [0.4, 0.5) is 0 Å². The van der Waals surface area contributed by atoms with Gasteiger partial charge in [-0.1, -0.05) is 73.2 Å². The molecule has 1 aromatic heterocycles. The molecule has 0 aliphatic carbocycles. The SMILES string of the molecule is CC(C)(C)c1ccc2nc3n(c2c1)C(=O)c1c(Cl)c(Cl)c(Cl)c(Cl)c1-3. The van der Waals surface area contributed by atoms with Gasteiger partial charge in [0.2, 0.25) is 0 Å². The van der Waals surface area contributed by atoms with Gasteiger partial charge in [-0.15, -0.1) is 0 Å². The summed E-state index contributed by atoms with van der Waals surface area (Å²) >= 11 is 24.9. The van der Waals surface area contributed by atoms with Gasteiger partial charge in [-0.25, -0.2) is 4.98 Å². The van der Waals surface area contributed by atoms with Crippen molar-refractivity contribution in [2.75, 3.05) is 0 Å². The molecule has 0 saturated heterocycles. The lowest BCUT2D eigenvalue weighted by Gasteiger charge is -2.18. The van der Waals surface area contributed by atoms with Gasteiger partial charge in [0, 0.05) is 0 Å². The van der Waals surface area contributed by atoms with E-state index in [0.717, 1.165) is 5.56 Å². The first-order chi connectivity index (χ1) is 11.6. The number of aromatic nitrogens is 2. The highest BCUT2D eigenvalue weighted by atomic mass is 35.5. The molecule has 1 aliphatic rings. The third-order valence-corrected chi connectivity index (χ3v) is 6.23. The number of hydrogen-bond acceptors (Lipinski definition) is 2. The summed E-state index contributed by atoms with van der Waals surface area (Å²) in [5.41, 5.74) is 3.13. The zero-order valence-electron chi connectivity index (χ0n) is 13.5. The second-order valence-electron chi connectivity index (χ2n) is 7.04. The number of hydrogen-bond donors (Lipinski definition) is 0. The topological polar surface area (TPSA) is 34.9 Å². The number of rotatable bonds is 0. The molecule has 7 heteroatoms. The number of imidazole rings is 1. The van der Waals surface area contributed by atoms with Crippen LogP contribution in [0, 0.1) is 0 Å². The summed E-state index contributed by atoms with van der Waals surface area (Å²) in [6, 6.07) is 5.89. The van der Waals surface area contributed by atoms with Crippen molar-refractivity contribution in [1.29, 1.82) is 0 Å². The number of carbonyl (C=O) groups is 1. The quantitative estimate of drug-likeness (QED) is 0.240. The van der Waals surface area contributed by atoms with Gasteiger partial charge in [0.1, 0.15) is 0 Å². The fourth-order valence-corrected chi connectivity index (χ4v) is 4.09. The lowest BCUT2D eigenvalue weighted by atomic mass is 9.87. The van der Waals surface area contributed by atoms with Gasteiger partial charge in [-0.05, 0) is 23.1 Å². The van der Waals surface area contributed by atoms with E-state index in [1.807, 2.05) is 18.2 Å². The Bertz CT molecular complexity index is 1090. The number of carbonyl (C=O) groups excluding carboxylic acids is 1. The largest absolute Gasteiger partial charge is 0.268 e. The van der Waals surface area contributed by atoms with Crippen LogP contribution in [-0.4, -0.2) is 15.5 Å². The van der Waals surface area contributed by atoms with Gasteiger partial charge in [0.25, 0.3) is 5.91 Å². The van der Waals surface area contributed by atoms with Crippen LogP contribution < -0.4 is 0 Å². The van der Waals surface area contributed by atoms with Crippen LogP contribution >= 0.6 is 46.4 Å². The second-order valence-corrected chi connectivity index (χ2v) is 8.55. The van der Waals surface area contributed by atoms with Gasteiger partial charge in [0.05, 0.1) is 42.3 Å². The number of nitrogens with zero attached hydrogens (tertiary/aromatic N) is 2. The van der Waals surface area contributed by atoms with Crippen molar-refractivity contribution in [3.8, 4) is 11.4 Å². The van der Waals surface area contributed by atoms with Gasteiger partial charge < -0.3 is 0 Å². The first-order valence-corrected chi connectivity index (χ1v) is 9.08. The minimum Gasteiger partial charge on any atom is -0.268 e. The van der Waals surface area contributed by atoms with Crippen molar-refractivity contribution in [3.63, 3.8) is 0 Å². The average Bonchev–Trinajstić information content (AvgIpc) is 3.04. The smallest absolute Gasteiger partial charge is 0.266 e. The minimum atomic E-state index is -0.302. The molecule has 25 heavy (non-hydrogen) atoms. The van der Waals surface area contributed by atoms with Crippen molar-refractivity contribution in [3.05, 3.63) is 49.4 Å². The summed E-state index contributed by atoms with van der Waals surface area (Å²) in [5, 5.41) is 0.479. The third-order valence-electron chi connectivity index (χ3n) is 4.43. The maximum atomic E-state index is 13.0. The molecule has 3 aromatic rings. The molecule has 0 amide bonds. The molecule has 0 N–H and O–H groups in total. The molecule has 4 rings (SSSR count). The van der Waals surface area contributed by atoms with E-state index in [-0.39, 0.29) is 37.0 Å². The van der Waals surface area contributed by atoms with Crippen molar-refractivity contribution < 1.29 is 4.79 Å². The Kier molecular flexibility index (Phi) is 3.69. The Hall–Kier alpha value is -1.26. The molecule has 3 nitrogen and oxygen atoms in total. The standard InChI is InChI=1S/C18H12Cl4N2O/c1-18(2,3)7-4-5-8-9(6-7)24-16(23-8)10-11(17(24)25)13(20)15(22)14(21)12(10)19/h4-6H,1-3H3. The molecule has 0 spiro atoms. The van der Waals surface area contributed by atoms with E-state index in [4.69, 9.17) is 46.4 Å². The predicted molar refractivity (Wildman–Crippen MR) is 104 cm³/mol. The summed E-state index contributed by atoms with van der Waals surface area (Å²) in [6.07, 6.45) is 0. The second kappa shape index (κ2) is 5.37. The number of halogens is 4. The molecule has 0 radical (unpaired) electrons. The fourth-order valence-electron chi connectivity index (χ4n) is 3.07. The normalized spacial score (nSPS) is 13.5. The summed E-state index contributed by atoms with van der Waals surface area (Å²) in [7, 11) is 0. The lowest BCUT2D eigenvalue weighted by molar-refractivity contribution is 0.0973. The molecular formula is C18H12Cl4N2O. The Morgan fingerprint density at radius 3 is 2.12 bits per heavy atom. The molecular weight excluding hydrogens is 402 g/mol. The van der Waals surface area contributed by atoms with Crippen LogP contribution in [0.5, 0.6) is 0 Å². The Morgan fingerprint density at radius 2 is 1.52 bits per heavy atom. The van der Waals surface area contributed by atoms with Gasteiger partial charge in [-0.2, -0.15) is 0 Å². The summed E-state index contributed by atoms with van der Waals surface area (Å²) in [6.45, 7) is 6.33. The Labute approximate surface area is 164 Å². The summed E-state index contributed by atoms with van der Waals surface area (Å²) < 4.78 is 1.53. The van der Waals surface area contributed by atoms with Crippen molar-refractivity contribution in [2.24, 2.45) is 0 Å². The third kappa shape index (κ3) is 2.26. The highest BCUT2D eigenvalue weighted by molar-refractivity contribution is 6.54. The van der Waals surface area contributed by atoms with E-state index in [0.29, 0.717) is 22.4 Å². The first kappa shape index (κ1) is 17.2. The molecule has 2 aromatic carbocycles. The molecule has 0 unspecified atom stereocenters. The zero-order valence-corrected chi connectivity index (χ0v) is 16.6. The molecule has 2 heterocycles. The highest BCUT2D eigenvalue weighted by Crippen LogP contribution is 2.49.